The quantitative estimate of drug-likeness (QED) is 0.248. The van der Waals surface area contributed by atoms with E-state index in [1.807, 2.05) is 4.90 Å². The summed E-state index contributed by atoms with van der Waals surface area (Å²) in [5.74, 6) is -5.58. The number of likely N-dealkylation sites (N-methyl/N-ethyl adjacent to an activating group) is 1. The van der Waals surface area contributed by atoms with Crippen LogP contribution in [-0.2, 0) is 37.4 Å². The number of benzene rings is 1. The van der Waals surface area contributed by atoms with Gasteiger partial charge in [-0.3, -0.25) is 24.2 Å². The van der Waals surface area contributed by atoms with Crippen LogP contribution in [-0.4, -0.2) is 132 Å². The van der Waals surface area contributed by atoms with Gasteiger partial charge in [0.05, 0.1) is 17.9 Å². The van der Waals surface area contributed by atoms with Gasteiger partial charge < -0.3 is 25.7 Å². The van der Waals surface area contributed by atoms with Gasteiger partial charge in [-0.05, 0) is 58.1 Å². The van der Waals surface area contributed by atoms with Crippen LogP contribution in [0.15, 0.2) is 29.0 Å². The van der Waals surface area contributed by atoms with Crippen molar-refractivity contribution >= 4 is 33.1 Å². The van der Waals surface area contributed by atoms with E-state index in [2.05, 4.69) is 5.32 Å². The summed E-state index contributed by atoms with van der Waals surface area (Å²) in [6.45, 7) is 2.72. The summed E-state index contributed by atoms with van der Waals surface area (Å²) in [5, 5.41) is 49.3. The van der Waals surface area contributed by atoms with Crippen LogP contribution in [0.4, 0.5) is 0 Å². The van der Waals surface area contributed by atoms with Gasteiger partial charge in [0.1, 0.15) is 22.8 Å². The zero-order chi connectivity index (χ0) is 32.5. The number of hydrogen-bond donors (Lipinski definition) is 5. The maximum atomic E-state index is 14.6. The molecule has 0 radical (unpaired) electrons. The molecule has 1 heterocycles. The van der Waals surface area contributed by atoms with Crippen LogP contribution in [0.2, 0.25) is 0 Å². The molecule has 1 aromatic carbocycles. The second kappa shape index (κ2) is 11.0. The fraction of sp³-hybridized carbons (Fsp3) is 0.567. The lowest BCUT2D eigenvalue weighted by molar-refractivity contribution is -0.157. The van der Waals surface area contributed by atoms with Gasteiger partial charge in [0.25, 0.3) is 0 Å². The number of Topliss-reactive ketones (excluding diaryl/α,β-unsaturated/α-hetero) is 3. The number of carbonyl (C=O) groups is 3. The molecule has 5 rings (SSSR count). The topological polar surface area (TPSA) is 188 Å². The van der Waals surface area contributed by atoms with E-state index in [0.717, 1.165) is 18.7 Å². The Labute approximate surface area is 256 Å². The zero-order valence-electron chi connectivity index (χ0n) is 25.5. The fourth-order valence-electron chi connectivity index (χ4n) is 7.80. The molecule has 2 fully saturated rings. The number of nitrogens with one attached hydrogen (secondary N) is 1. The van der Waals surface area contributed by atoms with Gasteiger partial charge >= 0.3 is 0 Å². The summed E-state index contributed by atoms with van der Waals surface area (Å²) in [6.07, 6.45) is 1.25. The number of phenols is 1. The molecule has 14 heteroatoms. The second-order valence-electron chi connectivity index (χ2n) is 12.7. The minimum absolute atomic E-state index is 0.0428. The first-order chi connectivity index (χ1) is 20.5. The number of piperazine rings is 1. The normalized spacial score (nSPS) is 30.0. The van der Waals surface area contributed by atoms with Gasteiger partial charge in [-0.25, -0.2) is 8.42 Å². The van der Waals surface area contributed by atoms with Crippen molar-refractivity contribution in [3.63, 3.8) is 0 Å². The summed E-state index contributed by atoms with van der Waals surface area (Å²) < 4.78 is 25.7. The van der Waals surface area contributed by atoms with E-state index < -0.39 is 67.4 Å². The third-order valence-corrected chi connectivity index (χ3v) is 11.0. The van der Waals surface area contributed by atoms with Gasteiger partial charge in [-0.1, -0.05) is 6.07 Å². The third-order valence-electron chi connectivity index (χ3n) is 9.72. The number of ketones is 3. The van der Waals surface area contributed by atoms with Crippen molar-refractivity contribution in [3.8, 4) is 5.75 Å². The van der Waals surface area contributed by atoms with Crippen LogP contribution >= 0.6 is 0 Å². The molecular weight excluding hydrogens is 592 g/mol. The Kier molecular flexibility index (Phi) is 8.09. The van der Waals surface area contributed by atoms with Crippen molar-refractivity contribution in [2.24, 2.45) is 11.3 Å². The Morgan fingerprint density at radius 1 is 1.11 bits per heavy atom. The first kappa shape index (κ1) is 32.3. The monoisotopic (exact) mass is 632 g/mol. The molecule has 5 N–H and O–H groups in total. The molecule has 4 aliphatic rings. The van der Waals surface area contributed by atoms with Crippen molar-refractivity contribution in [2.45, 2.75) is 38.0 Å². The maximum Gasteiger partial charge on any atom is 0.211 e. The van der Waals surface area contributed by atoms with E-state index in [0.29, 0.717) is 25.2 Å². The third kappa shape index (κ3) is 4.79. The largest absolute Gasteiger partial charge is 0.508 e. The van der Waals surface area contributed by atoms with Gasteiger partial charge in [0.2, 0.25) is 15.8 Å². The van der Waals surface area contributed by atoms with Crippen molar-refractivity contribution in [1.29, 1.82) is 0 Å². The van der Waals surface area contributed by atoms with E-state index in [9.17, 15) is 43.2 Å². The molecule has 0 spiro atoms. The highest BCUT2D eigenvalue weighted by Gasteiger charge is 2.67. The standard InChI is InChI=1S/C30H40N4O9S/c1-16(35)21-26(38)24(32(3)4)19-13-29(15-33-8-10-34(11-9-33)44(5,42)43)12-18-17(14-31-2)6-7-20(36)22(18)25(37)23(29)28(40)30(19,41)27(21)39/h6-7,19,24,31,36-37,39,41H,8-15H2,1-5H3/t19-,24-,29-,30+/m0/s1. The van der Waals surface area contributed by atoms with Crippen LogP contribution in [0.3, 0.4) is 0 Å². The summed E-state index contributed by atoms with van der Waals surface area (Å²) in [6, 6.07) is 1.99. The van der Waals surface area contributed by atoms with E-state index in [4.69, 9.17) is 0 Å². The van der Waals surface area contributed by atoms with Gasteiger partial charge in [0.15, 0.2) is 17.2 Å². The molecule has 1 saturated carbocycles. The Hall–Kier alpha value is -3.14. The first-order valence-corrected chi connectivity index (χ1v) is 16.4. The minimum atomic E-state index is -3.41. The van der Waals surface area contributed by atoms with Gasteiger partial charge in [-0.15, -0.1) is 0 Å². The second-order valence-corrected chi connectivity index (χ2v) is 14.7. The Morgan fingerprint density at radius 2 is 1.75 bits per heavy atom. The van der Waals surface area contributed by atoms with Crippen LogP contribution in [0.5, 0.6) is 5.75 Å². The molecule has 0 aromatic heterocycles. The van der Waals surface area contributed by atoms with E-state index >= 15 is 0 Å². The number of aliphatic hydroxyl groups excluding tert-OH is 2. The van der Waals surface area contributed by atoms with E-state index in [1.165, 1.54) is 15.3 Å². The molecular formula is C30H40N4O9S. The van der Waals surface area contributed by atoms with Crippen LogP contribution in [0.25, 0.3) is 5.76 Å². The molecule has 44 heavy (non-hydrogen) atoms. The molecule has 3 aliphatic carbocycles. The van der Waals surface area contributed by atoms with Crippen LogP contribution < -0.4 is 5.32 Å². The molecule has 0 bridgehead atoms. The van der Waals surface area contributed by atoms with E-state index in [1.54, 1.807) is 27.2 Å². The SMILES string of the molecule is CNCc1ccc(O)c2c1C[C@@]1(CN3CCN(S(C)(=O)=O)CC3)C[C@H]3[C@H](N(C)C)C(=O)C(C(C)=O)=C(O)[C@@]3(O)C(=O)C1=C2O. The number of sulfonamides is 1. The lowest BCUT2D eigenvalue weighted by atomic mass is 9.51. The summed E-state index contributed by atoms with van der Waals surface area (Å²) >= 11 is 0. The Morgan fingerprint density at radius 3 is 2.30 bits per heavy atom. The lowest BCUT2D eigenvalue weighted by Gasteiger charge is -2.56. The number of fused-ring (bicyclic) bond motifs is 3. The molecule has 240 valence electrons. The fourth-order valence-corrected chi connectivity index (χ4v) is 8.62. The number of carbonyl (C=O) groups excluding carboxylic acids is 3. The Balaban J connectivity index is 1.74. The van der Waals surface area contributed by atoms with Crippen molar-refractivity contribution in [1.82, 2.24) is 19.4 Å². The Bertz CT molecular complexity index is 1610. The molecule has 1 aliphatic heterocycles. The smallest absolute Gasteiger partial charge is 0.211 e. The predicted molar refractivity (Wildman–Crippen MR) is 160 cm³/mol. The average Bonchev–Trinajstić information content (AvgIpc) is 2.92. The lowest BCUT2D eigenvalue weighted by Crippen LogP contribution is -2.68. The molecule has 13 nitrogen and oxygen atoms in total. The first-order valence-electron chi connectivity index (χ1n) is 14.5. The number of rotatable bonds is 7. The number of aromatic hydroxyl groups is 1. The van der Waals surface area contributed by atoms with Crippen molar-refractivity contribution in [3.05, 3.63) is 45.7 Å². The average molecular weight is 633 g/mol. The molecule has 4 atom stereocenters. The van der Waals surface area contributed by atoms with Crippen LogP contribution in [0.1, 0.15) is 30.0 Å². The number of phenolic OH excluding ortho intramolecular Hbond substituents is 1. The number of nitrogens with zero attached hydrogens (tertiary/aromatic N) is 3. The highest BCUT2D eigenvalue weighted by atomic mass is 32.2. The van der Waals surface area contributed by atoms with Crippen molar-refractivity contribution in [2.75, 3.05) is 60.1 Å². The number of aliphatic hydroxyl groups is 3. The maximum absolute atomic E-state index is 14.6. The molecule has 1 saturated heterocycles. The summed E-state index contributed by atoms with van der Waals surface area (Å²) in [4.78, 5) is 44.4. The molecule has 0 unspecified atom stereocenters. The minimum Gasteiger partial charge on any atom is -0.508 e. The van der Waals surface area contributed by atoms with Crippen molar-refractivity contribution < 1.29 is 43.2 Å². The molecule has 1 aromatic rings. The van der Waals surface area contributed by atoms with Gasteiger partial charge in [-0.2, -0.15) is 4.31 Å². The summed E-state index contributed by atoms with van der Waals surface area (Å²) in [5.41, 5.74) is -3.35. The number of hydrogen-bond acceptors (Lipinski definition) is 12. The predicted octanol–water partition coefficient (Wildman–Crippen LogP) is -0.265. The van der Waals surface area contributed by atoms with Gasteiger partial charge in [0, 0.05) is 56.2 Å². The molecule has 0 amide bonds. The summed E-state index contributed by atoms with van der Waals surface area (Å²) in [7, 11) is 1.52. The highest BCUT2D eigenvalue weighted by Crippen LogP contribution is 2.58. The van der Waals surface area contributed by atoms with Crippen LogP contribution in [0, 0.1) is 11.3 Å². The zero-order valence-corrected chi connectivity index (χ0v) is 26.4. The highest BCUT2D eigenvalue weighted by molar-refractivity contribution is 7.88. The van der Waals surface area contributed by atoms with E-state index in [-0.39, 0.29) is 49.4 Å².